The van der Waals surface area contributed by atoms with Gasteiger partial charge in [-0.05, 0) is 93.6 Å². The van der Waals surface area contributed by atoms with Crippen LogP contribution in [0.2, 0.25) is 0 Å². The van der Waals surface area contributed by atoms with Crippen LogP contribution in [0.3, 0.4) is 0 Å². The van der Waals surface area contributed by atoms with Crippen LogP contribution in [0.5, 0.6) is 0 Å². The summed E-state index contributed by atoms with van der Waals surface area (Å²) in [4.78, 5) is 36.3. The fourth-order valence-electron chi connectivity index (χ4n) is 11.4. The Bertz CT molecular complexity index is 1600. The van der Waals surface area contributed by atoms with Gasteiger partial charge in [0.2, 0.25) is 0 Å². The molecule has 0 unspecified atom stereocenters. The predicted molar refractivity (Wildman–Crippen MR) is 316 cm³/mol. The van der Waals surface area contributed by atoms with E-state index in [1.807, 2.05) is 9.80 Å². The molecule has 2 aromatic heterocycles. The Morgan fingerprint density at radius 1 is 0.357 bits per heavy atom. The summed E-state index contributed by atoms with van der Waals surface area (Å²) in [6, 6.07) is 8.39. The Morgan fingerprint density at radius 3 is 0.843 bits per heavy atom. The maximum Gasteiger partial charge on any atom is 0.261 e. The molecule has 398 valence electrons. The zero-order valence-corrected chi connectivity index (χ0v) is 50.3. The number of carbonyl (C=O) groups is 2. The lowest BCUT2D eigenvalue weighted by molar-refractivity contribution is -0.124. The van der Waals surface area contributed by atoms with Gasteiger partial charge in [0.05, 0.1) is 39.9 Å². The molecule has 0 spiro atoms. The van der Waals surface area contributed by atoms with Gasteiger partial charge in [0.1, 0.15) is 0 Å². The summed E-state index contributed by atoms with van der Waals surface area (Å²) in [5.74, 6) is 1.45. The smallest absolute Gasteiger partial charge is 0.261 e. The van der Waals surface area contributed by atoms with E-state index >= 15 is 9.59 Å². The SMILES string of the molecule is CCCCCCCCCCC(CCCCCCCCCC)CCCN1C(=O)C2=C(c3ccc(Br)s3)N(CCCC(CCCCCCCCCC)CCCCCCCCCC)C(=O)C2=C1c1ccc(Br)s1. The first-order valence-corrected chi connectivity index (χ1v) is 33.2. The minimum absolute atomic E-state index is 0.0230. The highest BCUT2D eigenvalue weighted by atomic mass is 79.9. The van der Waals surface area contributed by atoms with Crippen LogP contribution in [0, 0.1) is 11.8 Å². The van der Waals surface area contributed by atoms with E-state index in [1.165, 1.54) is 231 Å². The molecule has 2 aromatic rings. The summed E-state index contributed by atoms with van der Waals surface area (Å²) < 4.78 is 2.06. The molecular formula is C62H102Br2N2O2S2. The van der Waals surface area contributed by atoms with Crippen LogP contribution in [0.15, 0.2) is 43.0 Å². The number of unbranched alkanes of at least 4 members (excludes halogenated alkanes) is 28. The fraction of sp³-hybridized carbons (Fsp3) is 0.774. The van der Waals surface area contributed by atoms with Gasteiger partial charge < -0.3 is 9.80 Å². The summed E-state index contributed by atoms with van der Waals surface area (Å²) >= 11 is 10.8. The van der Waals surface area contributed by atoms with Crippen LogP contribution in [0.4, 0.5) is 0 Å². The van der Waals surface area contributed by atoms with Crippen molar-refractivity contribution in [3.05, 3.63) is 52.7 Å². The van der Waals surface area contributed by atoms with Crippen molar-refractivity contribution in [2.75, 3.05) is 13.1 Å². The summed E-state index contributed by atoms with van der Waals surface area (Å²) in [5, 5.41) is 0. The molecule has 2 amide bonds. The van der Waals surface area contributed by atoms with Gasteiger partial charge in [-0.25, -0.2) is 0 Å². The molecule has 4 heterocycles. The Morgan fingerprint density at radius 2 is 0.600 bits per heavy atom. The number of carbonyl (C=O) groups excluding carboxylic acids is 2. The van der Waals surface area contributed by atoms with Crippen molar-refractivity contribution in [1.29, 1.82) is 0 Å². The highest BCUT2D eigenvalue weighted by Crippen LogP contribution is 2.49. The molecule has 0 aromatic carbocycles. The maximum atomic E-state index is 15.1. The van der Waals surface area contributed by atoms with Crippen molar-refractivity contribution in [3.63, 3.8) is 0 Å². The Kier molecular flexibility index (Phi) is 33.6. The maximum absolute atomic E-state index is 15.1. The van der Waals surface area contributed by atoms with Crippen LogP contribution >= 0.6 is 54.5 Å². The van der Waals surface area contributed by atoms with Crippen molar-refractivity contribution < 1.29 is 9.59 Å². The van der Waals surface area contributed by atoms with Crippen LogP contribution < -0.4 is 0 Å². The molecule has 0 aliphatic carbocycles. The van der Waals surface area contributed by atoms with Crippen molar-refractivity contribution in [1.82, 2.24) is 9.80 Å². The van der Waals surface area contributed by atoms with Crippen molar-refractivity contribution in [3.8, 4) is 0 Å². The quantitative estimate of drug-likeness (QED) is 0.0620. The van der Waals surface area contributed by atoms with Gasteiger partial charge >= 0.3 is 0 Å². The lowest BCUT2D eigenvalue weighted by Crippen LogP contribution is -2.31. The molecule has 0 fully saturated rings. The van der Waals surface area contributed by atoms with E-state index in [1.54, 1.807) is 22.7 Å². The second kappa shape index (κ2) is 38.3. The molecule has 4 nitrogen and oxygen atoms in total. The largest absolute Gasteiger partial charge is 0.306 e. The van der Waals surface area contributed by atoms with Gasteiger partial charge in [0, 0.05) is 13.1 Å². The lowest BCUT2D eigenvalue weighted by Gasteiger charge is -2.26. The van der Waals surface area contributed by atoms with E-state index in [9.17, 15) is 0 Å². The molecule has 2 aliphatic heterocycles. The minimum Gasteiger partial charge on any atom is -0.306 e. The van der Waals surface area contributed by atoms with Gasteiger partial charge in [-0.2, -0.15) is 0 Å². The van der Waals surface area contributed by atoms with E-state index in [0.717, 1.165) is 54.4 Å². The molecule has 0 saturated carbocycles. The average molecular weight is 1130 g/mol. The topological polar surface area (TPSA) is 40.6 Å². The third kappa shape index (κ3) is 22.7. The number of rotatable bonds is 46. The Labute approximate surface area is 456 Å². The number of nitrogens with zero attached hydrogens (tertiary/aromatic N) is 2. The summed E-state index contributed by atoms with van der Waals surface area (Å²) in [7, 11) is 0. The molecule has 4 rings (SSSR count). The molecular weight excluding hydrogens is 1030 g/mol. The van der Waals surface area contributed by atoms with E-state index in [2.05, 4.69) is 83.8 Å². The second-order valence-corrected chi connectivity index (χ2v) is 26.6. The first-order chi connectivity index (χ1) is 34.3. The molecule has 0 N–H and O–H groups in total. The summed E-state index contributed by atoms with van der Waals surface area (Å²) in [5.41, 5.74) is 2.98. The van der Waals surface area contributed by atoms with E-state index in [0.29, 0.717) is 36.1 Å². The zero-order chi connectivity index (χ0) is 50.0. The molecule has 8 heteroatoms. The molecule has 0 saturated heterocycles. The first kappa shape index (κ1) is 61.3. The second-order valence-electron chi connectivity index (χ2n) is 21.6. The van der Waals surface area contributed by atoms with Crippen LogP contribution in [0.25, 0.3) is 11.4 Å². The van der Waals surface area contributed by atoms with Crippen molar-refractivity contribution in [2.24, 2.45) is 11.8 Å². The monoisotopic (exact) mass is 1130 g/mol. The fourth-order valence-corrected chi connectivity index (χ4v) is 14.3. The van der Waals surface area contributed by atoms with Crippen molar-refractivity contribution >= 4 is 77.7 Å². The van der Waals surface area contributed by atoms with Crippen molar-refractivity contribution in [2.45, 2.75) is 285 Å². The van der Waals surface area contributed by atoms with Crippen LogP contribution in [-0.2, 0) is 9.59 Å². The normalized spacial score (nSPS) is 14.1. The van der Waals surface area contributed by atoms with Gasteiger partial charge in [-0.15, -0.1) is 22.7 Å². The third-order valence-corrected chi connectivity index (χ3v) is 18.9. The Balaban J connectivity index is 1.46. The Hall–Kier alpha value is -1.22. The van der Waals surface area contributed by atoms with Gasteiger partial charge in [0.15, 0.2) is 0 Å². The number of fused-ring (bicyclic) bond motifs is 1. The van der Waals surface area contributed by atoms with Gasteiger partial charge in [-0.1, -0.05) is 259 Å². The highest BCUT2D eigenvalue weighted by molar-refractivity contribution is 9.11. The summed E-state index contributed by atoms with van der Waals surface area (Å²) in [6.45, 7) is 10.5. The number of amides is 2. The average Bonchev–Trinajstić information content (AvgIpc) is 4.12. The van der Waals surface area contributed by atoms with Crippen LogP contribution in [-0.4, -0.2) is 34.7 Å². The lowest BCUT2D eigenvalue weighted by atomic mass is 9.90. The first-order valence-electron chi connectivity index (χ1n) is 30.0. The number of hydrogen-bond donors (Lipinski definition) is 0. The number of thiophene rings is 2. The number of hydrogen-bond acceptors (Lipinski definition) is 4. The molecule has 70 heavy (non-hydrogen) atoms. The zero-order valence-electron chi connectivity index (χ0n) is 45.4. The van der Waals surface area contributed by atoms with Crippen LogP contribution in [0.1, 0.15) is 294 Å². The summed E-state index contributed by atoms with van der Waals surface area (Å²) in [6.07, 6.45) is 53.0. The molecule has 0 bridgehead atoms. The number of halogens is 2. The standard InChI is InChI=1S/C62H102Br2N2O2S2/c1-5-9-13-17-21-25-29-33-39-51(40-34-30-26-22-18-14-10-6-2)43-37-49-65-59(53-45-47-55(63)69-53)57-58(61(65)67)60(54-46-48-56(64)70-54)66(62(57)68)50-38-44-52(41-35-31-27-23-19-15-11-7-3)42-36-32-28-24-20-16-12-8-4/h45-48,51-52H,5-44,49-50H2,1-4H3. The van der Waals surface area contributed by atoms with E-state index in [-0.39, 0.29) is 11.8 Å². The van der Waals surface area contributed by atoms with E-state index < -0.39 is 0 Å². The molecule has 0 radical (unpaired) electrons. The third-order valence-electron chi connectivity index (χ3n) is 15.6. The van der Waals surface area contributed by atoms with Gasteiger partial charge in [-0.3, -0.25) is 9.59 Å². The molecule has 2 aliphatic rings. The predicted octanol–water partition coefficient (Wildman–Crippen LogP) is 22.1. The van der Waals surface area contributed by atoms with E-state index in [4.69, 9.17) is 0 Å². The molecule has 0 atom stereocenters. The van der Waals surface area contributed by atoms with Gasteiger partial charge in [0.25, 0.3) is 11.8 Å². The highest BCUT2D eigenvalue weighted by Gasteiger charge is 2.49. The minimum atomic E-state index is 0.0230.